The summed E-state index contributed by atoms with van der Waals surface area (Å²) in [6, 6.07) is 11.5. The number of ether oxygens (including phenoxy) is 2. The molecule has 0 aliphatic carbocycles. The molecule has 0 fully saturated rings. The molecular formula is C17H19NO3. The van der Waals surface area contributed by atoms with Gasteiger partial charge in [0.15, 0.2) is 0 Å². The van der Waals surface area contributed by atoms with E-state index in [1.54, 1.807) is 12.1 Å². The average Bonchev–Trinajstić information content (AvgIpc) is 2.53. The maximum atomic E-state index is 11.3. The third kappa shape index (κ3) is 4.05. The second-order valence-corrected chi connectivity index (χ2v) is 5.05. The van der Waals surface area contributed by atoms with E-state index in [0.29, 0.717) is 18.1 Å². The fourth-order valence-electron chi connectivity index (χ4n) is 1.87. The molecule has 4 heteroatoms. The highest BCUT2D eigenvalue weighted by Crippen LogP contribution is 2.20. The number of benzene rings is 1. The van der Waals surface area contributed by atoms with Crippen LogP contribution in [0.4, 0.5) is 0 Å². The standard InChI is InChI=1S/C17H19NO3/c1-12(2)13-5-4-6-16(9-13)21-11-15-8-7-14(10-18-15)17(19)20-3/h4-10,12H,11H2,1-3H3. The molecule has 21 heavy (non-hydrogen) atoms. The summed E-state index contributed by atoms with van der Waals surface area (Å²) in [5.41, 5.74) is 2.43. The highest BCUT2D eigenvalue weighted by atomic mass is 16.5. The van der Waals surface area contributed by atoms with E-state index in [0.717, 1.165) is 11.4 Å². The van der Waals surface area contributed by atoms with Crippen LogP contribution in [0.1, 0.15) is 41.4 Å². The summed E-state index contributed by atoms with van der Waals surface area (Å²) in [5.74, 6) is 0.894. The molecule has 2 aromatic rings. The molecule has 0 aliphatic rings. The van der Waals surface area contributed by atoms with Crippen LogP contribution in [0, 0.1) is 0 Å². The summed E-state index contributed by atoms with van der Waals surface area (Å²) in [6.07, 6.45) is 1.50. The summed E-state index contributed by atoms with van der Waals surface area (Å²) in [7, 11) is 1.35. The van der Waals surface area contributed by atoms with E-state index in [4.69, 9.17) is 4.74 Å². The number of pyridine rings is 1. The number of hydrogen-bond donors (Lipinski definition) is 0. The fraction of sp³-hybridized carbons (Fsp3) is 0.294. The van der Waals surface area contributed by atoms with Crippen molar-refractivity contribution in [3.05, 3.63) is 59.4 Å². The quantitative estimate of drug-likeness (QED) is 0.788. The molecule has 0 amide bonds. The Bertz CT molecular complexity index is 606. The maximum absolute atomic E-state index is 11.3. The molecule has 1 aromatic heterocycles. The Morgan fingerprint density at radius 2 is 2.05 bits per heavy atom. The molecule has 1 heterocycles. The molecule has 0 unspecified atom stereocenters. The van der Waals surface area contributed by atoms with Gasteiger partial charge >= 0.3 is 5.97 Å². The topological polar surface area (TPSA) is 48.4 Å². The zero-order valence-corrected chi connectivity index (χ0v) is 12.5. The Hall–Kier alpha value is -2.36. The molecule has 1 aromatic carbocycles. The van der Waals surface area contributed by atoms with Gasteiger partial charge in [-0.3, -0.25) is 4.98 Å². The summed E-state index contributed by atoms with van der Waals surface area (Å²) >= 11 is 0. The molecular weight excluding hydrogens is 266 g/mol. The lowest BCUT2D eigenvalue weighted by atomic mass is 10.0. The molecule has 4 nitrogen and oxygen atoms in total. The van der Waals surface area contributed by atoms with E-state index in [-0.39, 0.29) is 5.97 Å². The normalized spacial score (nSPS) is 10.5. The molecule has 0 atom stereocenters. The largest absolute Gasteiger partial charge is 0.487 e. The van der Waals surface area contributed by atoms with Crippen molar-refractivity contribution in [1.82, 2.24) is 4.98 Å². The van der Waals surface area contributed by atoms with Gasteiger partial charge < -0.3 is 9.47 Å². The third-order valence-corrected chi connectivity index (χ3v) is 3.16. The maximum Gasteiger partial charge on any atom is 0.339 e. The third-order valence-electron chi connectivity index (χ3n) is 3.16. The van der Waals surface area contributed by atoms with Crippen molar-refractivity contribution in [2.45, 2.75) is 26.4 Å². The van der Waals surface area contributed by atoms with Crippen LogP contribution in [0.5, 0.6) is 5.75 Å². The minimum atomic E-state index is -0.389. The van der Waals surface area contributed by atoms with Crippen molar-refractivity contribution >= 4 is 5.97 Å². The lowest BCUT2D eigenvalue weighted by Gasteiger charge is -2.10. The van der Waals surface area contributed by atoms with Crippen molar-refractivity contribution in [3.63, 3.8) is 0 Å². The van der Waals surface area contributed by atoms with Crippen LogP contribution in [0.2, 0.25) is 0 Å². The number of rotatable bonds is 5. The first-order valence-corrected chi connectivity index (χ1v) is 6.86. The van der Waals surface area contributed by atoms with E-state index in [2.05, 4.69) is 29.6 Å². The second kappa shape index (κ2) is 6.88. The number of aromatic nitrogens is 1. The number of esters is 1. The van der Waals surface area contributed by atoms with Gasteiger partial charge in [-0.05, 0) is 35.7 Å². The minimum absolute atomic E-state index is 0.364. The van der Waals surface area contributed by atoms with E-state index in [1.165, 1.54) is 18.9 Å². The van der Waals surface area contributed by atoms with Gasteiger partial charge in [-0.15, -0.1) is 0 Å². The Morgan fingerprint density at radius 3 is 2.67 bits per heavy atom. The lowest BCUT2D eigenvalue weighted by molar-refractivity contribution is 0.0600. The summed E-state index contributed by atoms with van der Waals surface area (Å²) in [5, 5.41) is 0. The summed E-state index contributed by atoms with van der Waals surface area (Å²) in [6.45, 7) is 4.65. The SMILES string of the molecule is COC(=O)c1ccc(COc2cccc(C(C)C)c2)nc1. The lowest BCUT2D eigenvalue weighted by Crippen LogP contribution is -2.04. The summed E-state index contributed by atoms with van der Waals surface area (Å²) in [4.78, 5) is 15.5. The molecule has 0 bridgehead atoms. The number of nitrogens with zero attached hydrogens (tertiary/aromatic N) is 1. The van der Waals surface area contributed by atoms with E-state index >= 15 is 0 Å². The monoisotopic (exact) mass is 285 g/mol. The van der Waals surface area contributed by atoms with Gasteiger partial charge in [-0.25, -0.2) is 4.79 Å². The first-order chi connectivity index (χ1) is 10.1. The van der Waals surface area contributed by atoms with E-state index in [1.807, 2.05) is 18.2 Å². The van der Waals surface area contributed by atoms with Crippen LogP contribution < -0.4 is 4.74 Å². The average molecular weight is 285 g/mol. The van der Waals surface area contributed by atoms with Crippen LogP contribution in [-0.4, -0.2) is 18.1 Å². The molecule has 0 aliphatic heterocycles. The molecule has 2 rings (SSSR count). The predicted molar refractivity (Wildman–Crippen MR) is 80.4 cm³/mol. The Balaban J connectivity index is 2.00. The number of hydrogen-bond acceptors (Lipinski definition) is 4. The van der Waals surface area contributed by atoms with Gasteiger partial charge in [0.25, 0.3) is 0 Å². The molecule has 0 spiro atoms. The summed E-state index contributed by atoms with van der Waals surface area (Å²) < 4.78 is 10.4. The number of methoxy groups -OCH3 is 1. The highest BCUT2D eigenvalue weighted by molar-refractivity contribution is 5.88. The van der Waals surface area contributed by atoms with Crippen LogP contribution >= 0.6 is 0 Å². The highest BCUT2D eigenvalue weighted by Gasteiger charge is 2.06. The first-order valence-electron chi connectivity index (χ1n) is 6.86. The first kappa shape index (κ1) is 15.0. The van der Waals surface area contributed by atoms with Gasteiger partial charge in [-0.2, -0.15) is 0 Å². The molecule has 0 radical (unpaired) electrons. The smallest absolute Gasteiger partial charge is 0.339 e. The van der Waals surface area contributed by atoms with Crippen molar-refractivity contribution < 1.29 is 14.3 Å². The van der Waals surface area contributed by atoms with Crippen molar-refractivity contribution in [2.24, 2.45) is 0 Å². The van der Waals surface area contributed by atoms with E-state index in [9.17, 15) is 4.79 Å². The Labute approximate surface area is 124 Å². The van der Waals surface area contributed by atoms with Crippen LogP contribution in [-0.2, 0) is 11.3 Å². The molecule has 0 N–H and O–H groups in total. The second-order valence-electron chi connectivity index (χ2n) is 5.05. The zero-order valence-electron chi connectivity index (χ0n) is 12.5. The predicted octanol–water partition coefficient (Wildman–Crippen LogP) is 3.57. The molecule has 0 saturated carbocycles. The number of carbonyl (C=O) groups excluding carboxylic acids is 1. The van der Waals surface area contributed by atoms with Crippen molar-refractivity contribution in [3.8, 4) is 5.75 Å². The van der Waals surface area contributed by atoms with Crippen LogP contribution in [0.15, 0.2) is 42.6 Å². The zero-order chi connectivity index (χ0) is 15.2. The van der Waals surface area contributed by atoms with Gasteiger partial charge in [0, 0.05) is 6.20 Å². The Morgan fingerprint density at radius 1 is 1.24 bits per heavy atom. The Kier molecular flexibility index (Phi) is 4.93. The minimum Gasteiger partial charge on any atom is -0.487 e. The number of carbonyl (C=O) groups is 1. The van der Waals surface area contributed by atoms with Crippen LogP contribution in [0.3, 0.4) is 0 Å². The molecule has 0 saturated heterocycles. The van der Waals surface area contributed by atoms with Gasteiger partial charge in [-0.1, -0.05) is 26.0 Å². The van der Waals surface area contributed by atoms with Crippen molar-refractivity contribution in [2.75, 3.05) is 7.11 Å². The fourth-order valence-corrected chi connectivity index (χ4v) is 1.87. The van der Waals surface area contributed by atoms with Gasteiger partial charge in [0.2, 0.25) is 0 Å². The van der Waals surface area contributed by atoms with E-state index < -0.39 is 0 Å². The van der Waals surface area contributed by atoms with Crippen LogP contribution in [0.25, 0.3) is 0 Å². The van der Waals surface area contributed by atoms with Gasteiger partial charge in [0.05, 0.1) is 18.4 Å². The molecule has 110 valence electrons. The van der Waals surface area contributed by atoms with Crippen molar-refractivity contribution in [1.29, 1.82) is 0 Å². The van der Waals surface area contributed by atoms with Gasteiger partial charge in [0.1, 0.15) is 12.4 Å².